The van der Waals surface area contributed by atoms with Gasteiger partial charge in [-0.25, -0.2) is 12.8 Å². The van der Waals surface area contributed by atoms with Gasteiger partial charge in [0.15, 0.2) is 0 Å². The van der Waals surface area contributed by atoms with Crippen LogP contribution in [0.3, 0.4) is 0 Å². The molecule has 6 heteroatoms. The summed E-state index contributed by atoms with van der Waals surface area (Å²) in [6.45, 7) is 3.57. The highest BCUT2D eigenvalue weighted by molar-refractivity contribution is 7.89. The van der Waals surface area contributed by atoms with Crippen molar-refractivity contribution in [2.75, 3.05) is 26.2 Å². The van der Waals surface area contributed by atoms with E-state index in [1.807, 2.05) is 18.2 Å². The van der Waals surface area contributed by atoms with Gasteiger partial charge < -0.3 is 0 Å². The van der Waals surface area contributed by atoms with Gasteiger partial charge in [0.05, 0.1) is 4.90 Å². The van der Waals surface area contributed by atoms with Crippen molar-refractivity contribution >= 4 is 10.0 Å². The molecule has 2 aromatic carbocycles. The van der Waals surface area contributed by atoms with Gasteiger partial charge in [0.25, 0.3) is 0 Å². The molecule has 138 valence electrons. The number of hydrogen-bond donors (Lipinski definition) is 0. The zero-order chi connectivity index (χ0) is 18.2. The number of rotatable bonds is 4. The summed E-state index contributed by atoms with van der Waals surface area (Å²) in [6, 6.07) is 15.5. The fourth-order valence-electron chi connectivity index (χ4n) is 3.98. The van der Waals surface area contributed by atoms with E-state index in [1.165, 1.54) is 6.07 Å². The first-order valence-corrected chi connectivity index (χ1v) is 10.4. The smallest absolute Gasteiger partial charge is 0.243 e. The van der Waals surface area contributed by atoms with Gasteiger partial charge in [-0.1, -0.05) is 36.4 Å². The summed E-state index contributed by atoms with van der Waals surface area (Å²) in [6.07, 6.45) is 1.92. The molecule has 0 aromatic heterocycles. The molecule has 2 heterocycles. The monoisotopic (exact) mass is 374 g/mol. The fourth-order valence-corrected chi connectivity index (χ4v) is 5.67. The average molecular weight is 374 g/mol. The first-order valence-electron chi connectivity index (χ1n) is 9.00. The molecule has 0 saturated carbocycles. The minimum absolute atomic E-state index is 0.0909. The van der Waals surface area contributed by atoms with Crippen LogP contribution < -0.4 is 0 Å². The molecule has 0 amide bonds. The third-order valence-electron chi connectivity index (χ3n) is 5.67. The average Bonchev–Trinajstić information content (AvgIpc) is 2.63. The van der Waals surface area contributed by atoms with E-state index in [4.69, 9.17) is 0 Å². The minimum Gasteiger partial charge on any atom is -0.299 e. The molecule has 4 nitrogen and oxygen atoms in total. The van der Waals surface area contributed by atoms with Gasteiger partial charge in [-0.3, -0.25) is 4.90 Å². The van der Waals surface area contributed by atoms with Gasteiger partial charge in [0, 0.05) is 30.6 Å². The summed E-state index contributed by atoms with van der Waals surface area (Å²) >= 11 is 0. The Morgan fingerprint density at radius 1 is 0.923 bits per heavy atom. The summed E-state index contributed by atoms with van der Waals surface area (Å²) in [5.41, 5.74) is 0.818. The summed E-state index contributed by atoms with van der Waals surface area (Å²) < 4.78 is 40.7. The highest BCUT2D eigenvalue weighted by atomic mass is 32.2. The second-order valence-corrected chi connectivity index (χ2v) is 9.39. The van der Waals surface area contributed by atoms with Gasteiger partial charge in [-0.2, -0.15) is 4.31 Å². The molecule has 2 fully saturated rings. The van der Waals surface area contributed by atoms with Crippen LogP contribution in [0.15, 0.2) is 59.5 Å². The molecule has 0 atom stereocenters. The Morgan fingerprint density at radius 2 is 1.54 bits per heavy atom. The molecule has 0 radical (unpaired) electrons. The summed E-state index contributed by atoms with van der Waals surface area (Å²) in [4.78, 5) is 2.63. The van der Waals surface area contributed by atoms with Gasteiger partial charge in [-0.15, -0.1) is 0 Å². The van der Waals surface area contributed by atoms with Crippen LogP contribution in [0.25, 0.3) is 0 Å². The number of piperidine rings is 1. The second kappa shape index (κ2) is 6.76. The molecule has 0 aliphatic carbocycles. The van der Waals surface area contributed by atoms with Crippen LogP contribution in [0.1, 0.15) is 18.4 Å². The molecule has 0 N–H and O–H groups in total. The van der Waals surface area contributed by atoms with E-state index in [2.05, 4.69) is 4.90 Å². The lowest BCUT2D eigenvalue weighted by molar-refractivity contribution is -0.00162. The first kappa shape index (κ1) is 17.6. The molecule has 26 heavy (non-hydrogen) atoms. The van der Waals surface area contributed by atoms with Gasteiger partial charge >= 0.3 is 0 Å². The van der Waals surface area contributed by atoms with Gasteiger partial charge in [-0.05, 0) is 44.1 Å². The standard InChI is InChI=1S/C20H23FN2O2S/c21-19-9-5-4-6-17(19)14-22-12-10-20(11-13-22)15-23(16-20)26(24,25)18-7-2-1-3-8-18/h1-9H,10-16H2. The molecule has 2 aliphatic heterocycles. The maximum atomic E-state index is 13.8. The van der Waals surface area contributed by atoms with Crippen molar-refractivity contribution in [3.8, 4) is 0 Å². The first-order chi connectivity index (χ1) is 12.5. The van der Waals surface area contributed by atoms with E-state index in [-0.39, 0.29) is 11.2 Å². The molecular formula is C20H23FN2O2S. The van der Waals surface area contributed by atoms with E-state index >= 15 is 0 Å². The topological polar surface area (TPSA) is 40.6 Å². The Hall–Kier alpha value is -1.76. The van der Waals surface area contributed by atoms with E-state index < -0.39 is 10.0 Å². The van der Waals surface area contributed by atoms with Crippen LogP contribution in [0.5, 0.6) is 0 Å². The Balaban J connectivity index is 1.34. The summed E-state index contributed by atoms with van der Waals surface area (Å²) in [5.74, 6) is -0.156. The SMILES string of the molecule is O=S(=O)(c1ccccc1)N1CC2(CCN(Cc3ccccc3F)CC2)C1. The van der Waals surface area contributed by atoms with Crippen molar-refractivity contribution in [3.05, 3.63) is 66.0 Å². The maximum absolute atomic E-state index is 13.8. The van der Waals surface area contributed by atoms with Crippen molar-refractivity contribution in [1.29, 1.82) is 0 Å². The minimum atomic E-state index is -3.38. The number of hydrogen-bond acceptors (Lipinski definition) is 3. The van der Waals surface area contributed by atoms with Crippen molar-refractivity contribution in [1.82, 2.24) is 9.21 Å². The Kier molecular flexibility index (Phi) is 4.59. The third kappa shape index (κ3) is 3.29. The molecule has 1 spiro atoms. The second-order valence-electron chi connectivity index (χ2n) is 7.45. The highest BCUT2D eigenvalue weighted by Crippen LogP contribution is 2.43. The lowest BCUT2D eigenvalue weighted by Gasteiger charge is -2.53. The lowest BCUT2D eigenvalue weighted by Crippen LogP contribution is -2.61. The number of likely N-dealkylation sites (tertiary alicyclic amines) is 1. The zero-order valence-electron chi connectivity index (χ0n) is 14.6. The van der Waals surface area contributed by atoms with E-state index in [0.29, 0.717) is 24.5 Å². The van der Waals surface area contributed by atoms with Crippen molar-refractivity contribution < 1.29 is 12.8 Å². The quantitative estimate of drug-likeness (QED) is 0.826. The van der Waals surface area contributed by atoms with E-state index in [0.717, 1.165) is 31.5 Å². The van der Waals surface area contributed by atoms with Crippen LogP contribution in [0.4, 0.5) is 4.39 Å². The van der Waals surface area contributed by atoms with Crippen molar-refractivity contribution in [2.45, 2.75) is 24.3 Å². The lowest BCUT2D eigenvalue weighted by atomic mass is 9.73. The van der Waals surface area contributed by atoms with Crippen LogP contribution >= 0.6 is 0 Å². The molecule has 4 rings (SSSR count). The number of nitrogens with zero attached hydrogens (tertiary/aromatic N) is 2. The zero-order valence-corrected chi connectivity index (χ0v) is 15.5. The van der Waals surface area contributed by atoms with Crippen LogP contribution in [-0.2, 0) is 16.6 Å². The van der Waals surface area contributed by atoms with Gasteiger partial charge in [0.2, 0.25) is 10.0 Å². The largest absolute Gasteiger partial charge is 0.299 e. The predicted molar refractivity (Wildman–Crippen MR) is 98.5 cm³/mol. The molecular weight excluding hydrogens is 351 g/mol. The predicted octanol–water partition coefficient (Wildman–Crippen LogP) is 3.11. The number of halogens is 1. The summed E-state index contributed by atoms with van der Waals surface area (Å²) in [7, 11) is -3.38. The van der Waals surface area contributed by atoms with Crippen LogP contribution in [-0.4, -0.2) is 43.8 Å². The van der Waals surface area contributed by atoms with Crippen LogP contribution in [0, 0.1) is 11.2 Å². The molecule has 0 unspecified atom stereocenters. The Labute approximate surface area is 154 Å². The molecule has 2 aliphatic rings. The Bertz CT molecular complexity index is 870. The molecule has 2 aromatic rings. The normalized spacial score (nSPS) is 20.8. The van der Waals surface area contributed by atoms with E-state index in [1.54, 1.807) is 34.6 Å². The van der Waals surface area contributed by atoms with Crippen molar-refractivity contribution in [2.24, 2.45) is 5.41 Å². The highest BCUT2D eigenvalue weighted by Gasteiger charge is 2.49. The molecule has 2 saturated heterocycles. The Morgan fingerprint density at radius 3 is 2.19 bits per heavy atom. The molecule has 0 bridgehead atoms. The summed E-state index contributed by atoms with van der Waals surface area (Å²) in [5, 5.41) is 0. The number of sulfonamides is 1. The van der Waals surface area contributed by atoms with Crippen LogP contribution in [0.2, 0.25) is 0 Å². The van der Waals surface area contributed by atoms with E-state index in [9.17, 15) is 12.8 Å². The number of benzene rings is 2. The maximum Gasteiger partial charge on any atom is 0.243 e. The van der Waals surface area contributed by atoms with Gasteiger partial charge in [0.1, 0.15) is 5.82 Å². The third-order valence-corrected chi connectivity index (χ3v) is 7.48. The fraction of sp³-hybridized carbons (Fsp3) is 0.400. The van der Waals surface area contributed by atoms with Crippen molar-refractivity contribution in [3.63, 3.8) is 0 Å².